The van der Waals surface area contributed by atoms with E-state index in [1.165, 1.54) is 55.5 Å². The standard InChI is InChI=1S/C37H44B2/c1-36(2,3)27-16-10-14-25(22-27)30-19-21-31(34(30)38)32-20-18-29(24-12-8-7-9-13-24)33(35(32)39)26-15-11-17-28(23-26)37(4,5)6/h8,10-20,22-23,29,33H,7,9,21,38-39H2,1-6H3. The highest BCUT2D eigenvalue weighted by atomic mass is 14.3. The van der Waals surface area contributed by atoms with Crippen molar-refractivity contribution in [3.05, 3.63) is 135 Å². The number of hydrogen-bond acceptors (Lipinski definition) is 0. The summed E-state index contributed by atoms with van der Waals surface area (Å²) in [7, 11) is 4.73. The van der Waals surface area contributed by atoms with Gasteiger partial charge in [0.1, 0.15) is 15.7 Å². The Morgan fingerprint density at radius 1 is 0.769 bits per heavy atom. The van der Waals surface area contributed by atoms with E-state index in [0.717, 1.165) is 19.3 Å². The topological polar surface area (TPSA) is 0 Å². The third-order valence-corrected chi connectivity index (χ3v) is 8.97. The van der Waals surface area contributed by atoms with Gasteiger partial charge in [0.15, 0.2) is 0 Å². The first kappa shape index (κ1) is 27.6. The van der Waals surface area contributed by atoms with Gasteiger partial charge < -0.3 is 0 Å². The van der Waals surface area contributed by atoms with Crippen molar-refractivity contribution in [1.29, 1.82) is 0 Å². The minimum Gasteiger partial charge on any atom is -0.0945 e. The van der Waals surface area contributed by atoms with E-state index in [1.807, 2.05) is 0 Å². The monoisotopic (exact) mass is 510 g/mol. The van der Waals surface area contributed by atoms with E-state index >= 15 is 0 Å². The van der Waals surface area contributed by atoms with Crippen molar-refractivity contribution in [3.8, 4) is 0 Å². The van der Waals surface area contributed by atoms with Gasteiger partial charge >= 0.3 is 0 Å². The van der Waals surface area contributed by atoms with Crippen molar-refractivity contribution < 1.29 is 0 Å². The van der Waals surface area contributed by atoms with Gasteiger partial charge in [-0.05, 0) is 74.6 Å². The lowest BCUT2D eigenvalue weighted by atomic mass is 9.63. The SMILES string of the molecule is BC1=C(C2=C(B)C(c3cccc(C(C)(C)C)c3)C(C3=CCCC=C3)C=C2)CC=C1c1cccc(C(C)(C)C)c1. The highest BCUT2D eigenvalue weighted by Gasteiger charge is 2.32. The molecule has 0 saturated heterocycles. The molecular formula is C37H44B2. The van der Waals surface area contributed by atoms with Gasteiger partial charge in [0.2, 0.25) is 0 Å². The maximum absolute atomic E-state index is 2.50. The van der Waals surface area contributed by atoms with Gasteiger partial charge in [0.25, 0.3) is 0 Å². The lowest BCUT2D eigenvalue weighted by molar-refractivity contribution is 0.585. The predicted molar refractivity (Wildman–Crippen MR) is 176 cm³/mol. The Kier molecular flexibility index (Phi) is 7.45. The van der Waals surface area contributed by atoms with E-state index in [4.69, 9.17) is 0 Å². The maximum Gasteiger partial charge on any atom is 0.140 e. The Morgan fingerprint density at radius 3 is 2.13 bits per heavy atom. The minimum atomic E-state index is 0.130. The van der Waals surface area contributed by atoms with Crippen LogP contribution in [0.1, 0.15) is 89.0 Å². The smallest absolute Gasteiger partial charge is 0.0945 e. The van der Waals surface area contributed by atoms with Gasteiger partial charge in [0.05, 0.1) is 0 Å². The molecule has 0 aliphatic heterocycles. The highest BCUT2D eigenvalue weighted by Crippen LogP contribution is 2.46. The lowest BCUT2D eigenvalue weighted by Gasteiger charge is -2.34. The lowest BCUT2D eigenvalue weighted by Crippen LogP contribution is -2.22. The van der Waals surface area contributed by atoms with E-state index < -0.39 is 0 Å². The molecule has 3 aliphatic carbocycles. The van der Waals surface area contributed by atoms with Gasteiger partial charge in [0, 0.05) is 11.8 Å². The van der Waals surface area contributed by atoms with Crippen molar-refractivity contribution in [2.24, 2.45) is 5.92 Å². The van der Waals surface area contributed by atoms with Crippen LogP contribution >= 0.6 is 0 Å². The van der Waals surface area contributed by atoms with Crippen LogP contribution in [0.2, 0.25) is 0 Å². The van der Waals surface area contributed by atoms with Gasteiger partial charge in [-0.3, -0.25) is 0 Å². The van der Waals surface area contributed by atoms with Crippen LogP contribution in [-0.2, 0) is 10.8 Å². The molecule has 3 aliphatic rings. The van der Waals surface area contributed by atoms with E-state index in [2.05, 4.69) is 142 Å². The zero-order valence-corrected chi connectivity index (χ0v) is 25.4. The van der Waals surface area contributed by atoms with Crippen LogP contribution in [0.25, 0.3) is 5.57 Å². The molecular weight excluding hydrogens is 466 g/mol. The molecule has 2 aromatic carbocycles. The van der Waals surface area contributed by atoms with E-state index in [9.17, 15) is 0 Å². The second kappa shape index (κ2) is 10.5. The second-order valence-corrected chi connectivity index (χ2v) is 13.8. The summed E-state index contributed by atoms with van der Waals surface area (Å²) in [5.41, 5.74) is 14.6. The molecule has 0 saturated carbocycles. The summed E-state index contributed by atoms with van der Waals surface area (Å²) >= 11 is 0. The molecule has 0 N–H and O–H groups in total. The summed E-state index contributed by atoms with van der Waals surface area (Å²) in [6.07, 6.45) is 17.9. The summed E-state index contributed by atoms with van der Waals surface area (Å²) in [6, 6.07) is 18.6. The third-order valence-electron chi connectivity index (χ3n) is 8.97. The molecule has 5 rings (SSSR count). The fourth-order valence-corrected chi connectivity index (χ4v) is 6.53. The summed E-state index contributed by atoms with van der Waals surface area (Å²) in [5, 5.41) is 0. The molecule has 39 heavy (non-hydrogen) atoms. The first-order valence-electron chi connectivity index (χ1n) is 14.8. The first-order chi connectivity index (χ1) is 18.4. The Labute approximate surface area is 239 Å². The van der Waals surface area contributed by atoms with Gasteiger partial charge in [-0.15, -0.1) is 0 Å². The van der Waals surface area contributed by atoms with Crippen LogP contribution in [0, 0.1) is 5.92 Å². The molecule has 0 fully saturated rings. The van der Waals surface area contributed by atoms with Crippen LogP contribution in [0.15, 0.2) is 113 Å². The Balaban J connectivity index is 1.58. The van der Waals surface area contributed by atoms with Crippen molar-refractivity contribution in [3.63, 3.8) is 0 Å². The average molecular weight is 510 g/mol. The summed E-state index contributed by atoms with van der Waals surface area (Å²) < 4.78 is 0. The van der Waals surface area contributed by atoms with E-state index in [1.54, 1.807) is 0 Å². The number of benzene rings is 2. The number of hydrogen-bond donors (Lipinski definition) is 0. The van der Waals surface area contributed by atoms with Crippen molar-refractivity contribution in [1.82, 2.24) is 0 Å². The zero-order valence-electron chi connectivity index (χ0n) is 25.4. The summed E-state index contributed by atoms with van der Waals surface area (Å²) in [5.74, 6) is 0.716. The molecule has 0 heterocycles. The van der Waals surface area contributed by atoms with E-state index in [0.29, 0.717) is 11.8 Å². The van der Waals surface area contributed by atoms with Gasteiger partial charge in [-0.1, -0.05) is 137 Å². The van der Waals surface area contributed by atoms with Crippen molar-refractivity contribution >= 4 is 21.3 Å². The molecule has 0 bridgehead atoms. The Morgan fingerprint density at radius 2 is 1.46 bits per heavy atom. The highest BCUT2D eigenvalue weighted by molar-refractivity contribution is 6.32. The molecule has 2 aromatic rings. The van der Waals surface area contributed by atoms with Crippen molar-refractivity contribution in [2.45, 2.75) is 77.6 Å². The van der Waals surface area contributed by atoms with Crippen LogP contribution < -0.4 is 0 Å². The second-order valence-electron chi connectivity index (χ2n) is 13.8. The number of rotatable bonds is 4. The average Bonchev–Trinajstić information content (AvgIpc) is 3.29. The van der Waals surface area contributed by atoms with Crippen LogP contribution in [0.5, 0.6) is 0 Å². The molecule has 0 amide bonds. The zero-order chi connectivity index (χ0) is 27.9. The normalized spacial score (nSPS) is 21.9. The summed E-state index contributed by atoms with van der Waals surface area (Å²) in [6.45, 7) is 13.9. The number of allylic oxidation sites excluding steroid dienone is 12. The molecule has 0 nitrogen and oxygen atoms in total. The van der Waals surface area contributed by atoms with Crippen LogP contribution in [0.4, 0.5) is 0 Å². The Bertz CT molecular complexity index is 1460. The van der Waals surface area contributed by atoms with Crippen molar-refractivity contribution in [2.75, 3.05) is 0 Å². The molecule has 0 spiro atoms. The molecule has 2 atom stereocenters. The van der Waals surface area contributed by atoms with Gasteiger partial charge in [-0.2, -0.15) is 0 Å². The Hall–Kier alpha value is -2.99. The first-order valence-corrected chi connectivity index (χ1v) is 14.8. The summed E-state index contributed by atoms with van der Waals surface area (Å²) in [4.78, 5) is 0. The molecule has 198 valence electrons. The molecule has 0 radical (unpaired) electrons. The maximum atomic E-state index is 2.50. The minimum absolute atomic E-state index is 0.130. The van der Waals surface area contributed by atoms with Gasteiger partial charge in [-0.25, -0.2) is 0 Å². The molecule has 2 unspecified atom stereocenters. The third kappa shape index (κ3) is 5.54. The van der Waals surface area contributed by atoms with Crippen LogP contribution in [0.3, 0.4) is 0 Å². The quantitative estimate of drug-likeness (QED) is 0.365. The molecule has 0 aromatic heterocycles. The fraction of sp³-hybridized carbons (Fsp3) is 0.351. The van der Waals surface area contributed by atoms with Crippen LogP contribution in [-0.4, -0.2) is 15.7 Å². The predicted octanol–water partition coefficient (Wildman–Crippen LogP) is 8.09. The largest absolute Gasteiger partial charge is 0.140 e. The molecule has 2 heteroatoms. The van der Waals surface area contributed by atoms with E-state index in [-0.39, 0.29) is 10.8 Å². The fourth-order valence-electron chi connectivity index (χ4n) is 6.53.